The summed E-state index contributed by atoms with van der Waals surface area (Å²) in [6.07, 6.45) is 3.53. The molecule has 5 rings (SSSR count). The van der Waals surface area contributed by atoms with Gasteiger partial charge in [-0.05, 0) is 49.2 Å². The second kappa shape index (κ2) is 8.90. The molecule has 2 amide bonds. The highest BCUT2D eigenvalue weighted by Gasteiger charge is 2.26. The number of nitrogens with one attached hydrogen (secondary N) is 1. The van der Waals surface area contributed by atoms with Crippen LogP contribution in [0.5, 0.6) is 5.75 Å². The van der Waals surface area contributed by atoms with Crippen molar-refractivity contribution >= 4 is 17.4 Å². The summed E-state index contributed by atoms with van der Waals surface area (Å²) >= 11 is 0. The van der Waals surface area contributed by atoms with Gasteiger partial charge in [0.2, 0.25) is 11.7 Å². The highest BCUT2D eigenvalue weighted by molar-refractivity contribution is 5.89. The van der Waals surface area contributed by atoms with E-state index in [-0.39, 0.29) is 6.03 Å². The predicted octanol–water partition coefficient (Wildman–Crippen LogP) is 4.37. The highest BCUT2D eigenvalue weighted by atomic mass is 16.5. The van der Waals surface area contributed by atoms with Crippen molar-refractivity contribution in [2.75, 3.05) is 43.5 Å². The Bertz CT molecular complexity index is 1070. The number of aromatic nitrogens is 2. The molecule has 0 bridgehead atoms. The van der Waals surface area contributed by atoms with Crippen molar-refractivity contribution in [2.45, 2.75) is 25.2 Å². The summed E-state index contributed by atoms with van der Waals surface area (Å²) in [7, 11) is 1.61. The molecule has 1 aromatic heterocycles. The van der Waals surface area contributed by atoms with Crippen molar-refractivity contribution < 1.29 is 14.1 Å². The Balaban J connectivity index is 1.16. The number of piperazine rings is 1. The standard InChI is InChI=1S/C24H27N5O3/c1-31-21-7-3-6-19(16-21)25-24(30)29-14-12-28(13-15-29)20-10-8-17(9-11-20)22-26-23(32-27-22)18-4-2-5-18/h3,6-11,16,18H,2,4-5,12-15H2,1H3,(H,25,30). The van der Waals surface area contributed by atoms with E-state index >= 15 is 0 Å². The summed E-state index contributed by atoms with van der Waals surface area (Å²) in [6, 6.07) is 15.5. The zero-order valence-electron chi connectivity index (χ0n) is 18.2. The quantitative estimate of drug-likeness (QED) is 0.643. The number of urea groups is 1. The number of anilines is 2. The Morgan fingerprint density at radius 1 is 1.09 bits per heavy atom. The lowest BCUT2D eigenvalue weighted by molar-refractivity contribution is 0.208. The van der Waals surface area contributed by atoms with Crippen molar-refractivity contribution in [2.24, 2.45) is 0 Å². The molecule has 0 spiro atoms. The summed E-state index contributed by atoms with van der Waals surface area (Å²) < 4.78 is 10.7. The molecule has 2 aliphatic rings. The summed E-state index contributed by atoms with van der Waals surface area (Å²) in [5, 5.41) is 7.10. The van der Waals surface area contributed by atoms with Gasteiger partial charge < -0.3 is 24.4 Å². The smallest absolute Gasteiger partial charge is 0.321 e. The fraction of sp³-hybridized carbons (Fsp3) is 0.375. The van der Waals surface area contributed by atoms with Crippen LogP contribution >= 0.6 is 0 Å². The number of hydrogen-bond donors (Lipinski definition) is 1. The maximum atomic E-state index is 12.6. The van der Waals surface area contributed by atoms with Crippen LogP contribution in [0.4, 0.5) is 16.2 Å². The molecule has 2 aromatic carbocycles. The Morgan fingerprint density at radius 3 is 2.56 bits per heavy atom. The summed E-state index contributed by atoms with van der Waals surface area (Å²) in [6.45, 7) is 2.87. The number of rotatable bonds is 5. The SMILES string of the molecule is COc1cccc(NC(=O)N2CCN(c3ccc(-c4noc(C5CCC5)n4)cc3)CC2)c1. The summed E-state index contributed by atoms with van der Waals surface area (Å²) in [4.78, 5) is 21.3. The van der Waals surface area contributed by atoms with Gasteiger partial charge in [-0.1, -0.05) is 17.6 Å². The van der Waals surface area contributed by atoms with Crippen LogP contribution in [0.25, 0.3) is 11.4 Å². The van der Waals surface area contributed by atoms with Crippen molar-refractivity contribution in [1.29, 1.82) is 0 Å². The van der Waals surface area contributed by atoms with Crippen LogP contribution in [0, 0.1) is 0 Å². The number of carbonyl (C=O) groups excluding carboxylic acids is 1. The van der Waals surface area contributed by atoms with Gasteiger partial charge >= 0.3 is 6.03 Å². The van der Waals surface area contributed by atoms with Gasteiger partial charge in [0.15, 0.2) is 0 Å². The molecule has 0 atom stereocenters. The molecule has 1 saturated heterocycles. The number of ether oxygens (including phenoxy) is 1. The molecule has 32 heavy (non-hydrogen) atoms. The first-order valence-electron chi connectivity index (χ1n) is 11.1. The Labute approximate surface area is 187 Å². The number of hydrogen-bond acceptors (Lipinski definition) is 6. The van der Waals surface area contributed by atoms with Crippen molar-refractivity contribution in [3.8, 4) is 17.1 Å². The lowest BCUT2D eigenvalue weighted by atomic mass is 9.85. The molecule has 166 valence electrons. The number of amides is 2. The molecule has 8 nitrogen and oxygen atoms in total. The third-order valence-corrected chi connectivity index (χ3v) is 6.27. The van der Waals surface area contributed by atoms with Crippen molar-refractivity contribution in [3.63, 3.8) is 0 Å². The predicted molar refractivity (Wildman–Crippen MR) is 122 cm³/mol. The van der Waals surface area contributed by atoms with Crippen molar-refractivity contribution in [3.05, 3.63) is 54.4 Å². The van der Waals surface area contributed by atoms with Gasteiger partial charge in [0.25, 0.3) is 0 Å². The minimum atomic E-state index is -0.0902. The summed E-state index contributed by atoms with van der Waals surface area (Å²) in [5.74, 6) is 2.57. The number of benzene rings is 2. The van der Waals surface area contributed by atoms with E-state index in [0.29, 0.717) is 24.8 Å². The van der Waals surface area contributed by atoms with E-state index in [2.05, 4.69) is 32.5 Å². The van der Waals surface area contributed by atoms with Gasteiger partial charge in [0.05, 0.1) is 7.11 Å². The molecular weight excluding hydrogens is 406 g/mol. The molecule has 1 N–H and O–H groups in total. The highest BCUT2D eigenvalue weighted by Crippen LogP contribution is 2.36. The molecule has 1 aliphatic carbocycles. The Hall–Kier alpha value is -3.55. The Morgan fingerprint density at radius 2 is 1.88 bits per heavy atom. The fourth-order valence-corrected chi connectivity index (χ4v) is 4.07. The minimum absolute atomic E-state index is 0.0902. The van der Waals surface area contributed by atoms with E-state index in [1.54, 1.807) is 7.11 Å². The van der Waals surface area contributed by atoms with Crippen LogP contribution in [0.2, 0.25) is 0 Å². The average molecular weight is 434 g/mol. The first-order chi connectivity index (χ1) is 15.7. The van der Waals surface area contributed by atoms with E-state index in [9.17, 15) is 4.79 Å². The van der Waals surface area contributed by atoms with E-state index in [4.69, 9.17) is 9.26 Å². The zero-order valence-corrected chi connectivity index (χ0v) is 18.2. The zero-order chi connectivity index (χ0) is 21.9. The molecule has 1 saturated carbocycles. The normalized spacial score (nSPS) is 16.5. The van der Waals surface area contributed by atoms with Crippen LogP contribution in [-0.4, -0.2) is 54.4 Å². The second-order valence-corrected chi connectivity index (χ2v) is 8.27. The van der Waals surface area contributed by atoms with E-state index in [1.807, 2.05) is 41.3 Å². The maximum absolute atomic E-state index is 12.6. The minimum Gasteiger partial charge on any atom is -0.497 e. The van der Waals surface area contributed by atoms with Crippen LogP contribution in [0.15, 0.2) is 53.1 Å². The third kappa shape index (κ3) is 4.26. The van der Waals surface area contributed by atoms with Gasteiger partial charge in [-0.25, -0.2) is 4.79 Å². The van der Waals surface area contributed by atoms with Gasteiger partial charge in [-0.3, -0.25) is 0 Å². The van der Waals surface area contributed by atoms with Crippen LogP contribution in [0.3, 0.4) is 0 Å². The average Bonchev–Trinajstić information content (AvgIpc) is 3.27. The molecular formula is C24H27N5O3. The van der Waals surface area contributed by atoms with Gasteiger partial charge in [-0.2, -0.15) is 4.98 Å². The first-order valence-corrected chi connectivity index (χ1v) is 11.1. The lowest BCUT2D eigenvalue weighted by Gasteiger charge is -2.36. The maximum Gasteiger partial charge on any atom is 0.321 e. The largest absolute Gasteiger partial charge is 0.497 e. The molecule has 2 fully saturated rings. The number of methoxy groups -OCH3 is 1. The molecule has 1 aliphatic heterocycles. The first kappa shape index (κ1) is 20.4. The van der Waals surface area contributed by atoms with Gasteiger partial charge in [0, 0.05) is 55.1 Å². The number of nitrogens with zero attached hydrogens (tertiary/aromatic N) is 4. The fourth-order valence-electron chi connectivity index (χ4n) is 4.07. The van der Waals surface area contributed by atoms with Crippen molar-refractivity contribution in [1.82, 2.24) is 15.0 Å². The monoisotopic (exact) mass is 433 g/mol. The van der Waals surface area contributed by atoms with Crippen LogP contribution in [-0.2, 0) is 0 Å². The van der Waals surface area contributed by atoms with Gasteiger partial charge in [0.1, 0.15) is 5.75 Å². The van der Waals surface area contributed by atoms with Gasteiger partial charge in [-0.15, -0.1) is 0 Å². The molecule has 8 heteroatoms. The molecule has 0 radical (unpaired) electrons. The topological polar surface area (TPSA) is 83.7 Å². The lowest BCUT2D eigenvalue weighted by Crippen LogP contribution is -2.50. The third-order valence-electron chi connectivity index (χ3n) is 6.27. The van der Waals surface area contributed by atoms with Crippen LogP contribution in [0.1, 0.15) is 31.1 Å². The molecule has 0 unspecified atom stereocenters. The molecule has 3 aromatic rings. The molecule has 2 heterocycles. The second-order valence-electron chi connectivity index (χ2n) is 8.27. The van der Waals surface area contributed by atoms with Crippen LogP contribution < -0.4 is 15.0 Å². The van der Waals surface area contributed by atoms with E-state index < -0.39 is 0 Å². The van der Waals surface area contributed by atoms with E-state index in [0.717, 1.165) is 54.5 Å². The number of carbonyl (C=O) groups is 1. The summed E-state index contributed by atoms with van der Waals surface area (Å²) in [5.41, 5.74) is 2.82. The Kier molecular flexibility index (Phi) is 5.66. The van der Waals surface area contributed by atoms with E-state index in [1.165, 1.54) is 6.42 Å².